The maximum atomic E-state index is 8.96. The largest absolute Gasteiger partial charge is 0.497 e. The predicted octanol–water partition coefficient (Wildman–Crippen LogP) is 4.55. The lowest BCUT2D eigenvalue weighted by Crippen LogP contribution is -2.02. The van der Waals surface area contributed by atoms with Gasteiger partial charge in [0.05, 0.1) is 19.9 Å². The van der Waals surface area contributed by atoms with Crippen LogP contribution in [0.25, 0.3) is 11.3 Å². The number of ether oxygens (including phenoxy) is 3. The van der Waals surface area contributed by atoms with Crippen LogP contribution in [0.2, 0.25) is 0 Å². The molecule has 0 aliphatic heterocycles. The van der Waals surface area contributed by atoms with Crippen molar-refractivity contribution in [1.29, 1.82) is 5.26 Å². The van der Waals surface area contributed by atoms with E-state index in [-0.39, 0.29) is 11.6 Å². The van der Waals surface area contributed by atoms with Crippen LogP contribution in [0.15, 0.2) is 66.9 Å². The molecule has 0 aliphatic carbocycles. The van der Waals surface area contributed by atoms with Crippen LogP contribution < -0.4 is 25.3 Å². The first-order chi connectivity index (χ1) is 16.1. The number of aromatic nitrogens is 3. The minimum absolute atomic E-state index is 0.116. The van der Waals surface area contributed by atoms with E-state index in [0.29, 0.717) is 34.5 Å². The van der Waals surface area contributed by atoms with Crippen molar-refractivity contribution in [3.05, 3.63) is 72.6 Å². The standard InChI is InChI=1S/C24H20N6O3/c1-31-18-7-8-22(32-2)20(12-18)21-13-23(30-24(26)29-21)28-15-3-5-17(6-4-15)33-19-9-10-27-16(11-19)14-25/h3-13H,1-2H3,(H3,26,28,29,30). The fraction of sp³-hybridized carbons (Fsp3) is 0.0833. The average molecular weight is 440 g/mol. The Morgan fingerprint density at radius 1 is 0.879 bits per heavy atom. The number of pyridine rings is 1. The van der Waals surface area contributed by atoms with Crippen molar-refractivity contribution in [2.45, 2.75) is 0 Å². The molecule has 9 nitrogen and oxygen atoms in total. The van der Waals surface area contributed by atoms with Crippen molar-refractivity contribution in [3.63, 3.8) is 0 Å². The summed E-state index contributed by atoms with van der Waals surface area (Å²) in [6, 6.07) is 19.7. The number of benzene rings is 2. The molecule has 164 valence electrons. The van der Waals surface area contributed by atoms with Crippen LogP contribution in [0.4, 0.5) is 17.5 Å². The van der Waals surface area contributed by atoms with E-state index in [0.717, 1.165) is 11.3 Å². The first-order valence-electron chi connectivity index (χ1n) is 9.86. The summed E-state index contributed by atoms with van der Waals surface area (Å²) in [5.41, 5.74) is 8.34. The van der Waals surface area contributed by atoms with Crippen molar-refractivity contribution in [1.82, 2.24) is 15.0 Å². The SMILES string of the molecule is COc1ccc(OC)c(-c2cc(Nc3ccc(Oc4ccnc(C#N)c4)cc3)nc(N)n2)c1. The highest BCUT2D eigenvalue weighted by Gasteiger charge is 2.12. The molecule has 2 aromatic carbocycles. The summed E-state index contributed by atoms with van der Waals surface area (Å²) in [7, 11) is 3.18. The monoisotopic (exact) mass is 440 g/mol. The molecule has 9 heteroatoms. The topological polar surface area (TPSA) is 128 Å². The maximum absolute atomic E-state index is 8.96. The first-order valence-corrected chi connectivity index (χ1v) is 9.86. The average Bonchev–Trinajstić information content (AvgIpc) is 2.84. The molecule has 2 aromatic heterocycles. The van der Waals surface area contributed by atoms with Gasteiger partial charge in [0.15, 0.2) is 0 Å². The Kier molecular flexibility index (Phi) is 6.18. The minimum Gasteiger partial charge on any atom is -0.497 e. The third-order valence-corrected chi connectivity index (χ3v) is 4.63. The van der Waals surface area contributed by atoms with Crippen molar-refractivity contribution >= 4 is 17.5 Å². The molecule has 0 unspecified atom stereocenters. The molecular formula is C24H20N6O3. The van der Waals surface area contributed by atoms with Crippen LogP contribution in [0, 0.1) is 11.3 Å². The van der Waals surface area contributed by atoms with E-state index in [2.05, 4.69) is 20.3 Å². The van der Waals surface area contributed by atoms with E-state index in [1.165, 1.54) is 6.20 Å². The van der Waals surface area contributed by atoms with Gasteiger partial charge in [-0.25, -0.2) is 9.97 Å². The summed E-state index contributed by atoms with van der Waals surface area (Å²) >= 11 is 0. The van der Waals surface area contributed by atoms with Gasteiger partial charge in [-0.05, 0) is 48.5 Å². The molecule has 33 heavy (non-hydrogen) atoms. The van der Waals surface area contributed by atoms with Gasteiger partial charge in [-0.1, -0.05) is 0 Å². The molecule has 0 saturated carbocycles. The van der Waals surface area contributed by atoms with Crippen LogP contribution in [0.3, 0.4) is 0 Å². The highest BCUT2D eigenvalue weighted by atomic mass is 16.5. The third-order valence-electron chi connectivity index (χ3n) is 4.63. The second-order valence-electron chi connectivity index (χ2n) is 6.80. The zero-order valence-corrected chi connectivity index (χ0v) is 17.9. The molecule has 0 saturated heterocycles. The molecule has 0 atom stereocenters. The van der Waals surface area contributed by atoms with Crippen LogP contribution in [-0.4, -0.2) is 29.2 Å². The van der Waals surface area contributed by atoms with Gasteiger partial charge >= 0.3 is 0 Å². The molecule has 0 aliphatic rings. The number of rotatable bonds is 7. The van der Waals surface area contributed by atoms with Gasteiger partial charge in [0.1, 0.15) is 40.6 Å². The fourth-order valence-corrected chi connectivity index (χ4v) is 3.11. The van der Waals surface area contributed by atoms with Gasteiger partial charge in [-0.2, -0.15) is 10.2 Å². The number of anilines is 3. The number of hydrogen-bond donors (Lipinski definition) is 2. The van der Waals surface area contributed by atoms with Gasteiger partial charge in [-0.15, -0.1) is 0 Å². The zero-order chi connectivity index (χ0) is 23.2. The summed E-state index contributed by atoms with van der Waals surface area (Å²) in [4.78, 5) is 12.6. The van der Waals surface area contributed by atoms with Crippen LogP contribution >= 0.6 is 0 Å². The maximum Gasteiger partial charge on any atom is 0.222 e. The lowest BCUT2D eigenvalue weighted by atomic mass is 10.1. The summed E-state index contributed by atoms with van der Waals surface area (Å²) < 4.78 is 16.6. The smallest absolute Gasteiger partial charge is 0.222 e. The number of methoxy groups -OCH3 is 2. The quantitative estimate of drug-likeness (QED) is 0.425. The highest BCUT2D eigenvalue weighted by Crippen LogP contribution is 2.34. The van der Waals surface area contributed by atoms with Crippen LogP contribution in [0.1, 0.15) is 5.69 Å². The van der Waals surface area contributed by atoms with E-state index in [1.807, 2.05) is 30.3 Å². The summed E-state index contributed by atoms with van der Waals surface area (Å²) in [6.07, 6.45) is 1.53. The molecule has 0 spiro atoms. The Labute approximate surface area is 190 Å². The van der Waals surface area contributed by atoms with E-state index < -0.39 is 0 Å². The lowest BCUT2D eigenvalue weighted by Gasteiger charge is -2.12. The molecular weight excluding hydrogens is 420 g/mol. The number of hydrogen-bond acceptors (Lipinski definition) is 9. The van der Waals surface area contributed by atoms with E-state index in [4.69, 9.17) is 25.2 Å². The predicted molar refractivity (Wildman–Crippen MR) is 124 cm³/mol. The Morgan fingerprint density at radius 2 is 1.67 bits per heavy atom. The van der Waals surface area contributed by atoms with Crippen LogP contribution in [0.5, 0.6) is 23.0 Å². The van der Waals surface area contributed by atoms with E-state index >= 15 is 0 Å². The number of nitrogens with two attached hydrogens (primary N) is 1. The van der Waals surface area contributed by atoms with Gasteiger partial charge in [0, 0.05) is 29.6 Å². The molecule has 0 amide bonds. The van der Waals surface area contributed by atoms with Crippen LogP contribution in [-0.2, 0) is 0 Å². The minimum atomic E-state index is 0.116. The molecule has 4 aromatic rings. The normalized spacial score (nSPS) is 10.2. The summed E-state index contributed by atoms with van der Waals surface area (Å²) in [6.45, 7) is 0. The first kappa shape index (κ1) is 21.4. The van der Waals surface area contributed by atoms with E-state index in [9.17, 15) is 0 Å². The third kappa shape index (κ3) is 5.08. The molecule has 2 heterocycles. The summed E-state index contributed by atoms with van der Waals surface area (Å²) in [5.74, 6) is 3.08. The lowest BCUT2D eigenvalue weighted by molar-refractivity contribution is 0.404. The molecule has 4 rings (SSSR count). The zero-order valence-electron chi connectivity index (χ0n) is 17.9. The van der Waals surface area contributed by atoms with Crippen molar-refractivity contribution in [2.24, 2.45) is 0 Å². The molecule has 3 N–H and O–H groups in total. The Hall–Kier alpha value is -4.84. The Balaban J connectivity index is 1.55. The fourth-order valence-electron chi connectivity index (χ4n) is 3.11. The van der Waals surface area contributed by atoms with Gasteiger partial charge in [0.2, 0.25) is 5.95 Å². The van der Waals surface area contributed by atoms with Crippen molar-refractivity contribution < 1.29 is 14.2 Å². The van der Waals surface area contributed by atoms with Gasteiger partial charge in [-0.3, -0.25) is 0 Å². The number of nitrogen functional groups attached to an aromatic ring is 1. The second-order valence-corrected chi connectivity index (χ2v) is 6.80. The number of nitriles is 1. The number of nitrogens with zero attached hydrogens (tertiary/aromatic N) is 4. The second kappa shape index (κ2) is 9.53. The van der Waals surface area contributed by atoms with Gasteiger partial charge in [0.25, 0.3) is 0 Å². The Bertz CT molecular complexity index is 1320. The molecule has 0 fully saturated rings. The summed E-state index contributed by atoms with van der Waals surface area (Å²) in [5, 5.41) is 12.2. The van der Waals surface area contributed by atoms with Gasteiger partial charge < -0.3 is 25.3 Å². The molecule has 0 bridgehead atoms. The highest BCUT2D eigenvalue weighted by molar-refractivity contribution is 5.73. The Morgan fingerprint density at radius 3 is 2.39 bits per heavy atom. The number of nitrogens with one attached hydrogen (secondary N) is 1. The van der Waals surface area contributed by atoms with Crippen molar-refractivity contribution in [2.75, 3.05) is 25.3 Å². The molecule has 0 radical (unpaired) electrons. The van der Waals surface area contributed by atoms with E-state index in [1.54, 1.807) is 50.6 Å². The van der Waals surface area contributed by atoms with Crippen molar-refractivity contribution in [3.8, 4) is 40.3 Å².